The zero-order valence-corrected chi connectivity index (χ0v) is 30.5. The van der Waals surface area contributed by atoms with Crippen molar-refractivity contribution < 1.29 is 59.6 Å². The van der Waals surface area contributed by atoms with Gasteiger partial charge in [0.2, 0.25) is 0 Å². The third-order valence-corrected chi connectivity index (χ3v) is 7.77. The van der Waals surface area contributed by atoms with Crippen molar-refractivity contribution in [3.05, 3.63) is 60.2 Å². The molecule has 0 saturated carbocycles. The fraction of sp³-hybridized carbons (Fsp3) is 0.613. The van der Waals surface area contributed by atoms with Crippen LogP contribution in [0.1, 0.15) is 56.8 Å². The van der Waals surface area contributed by atoms with Crippen LogP contribution in [-0.2, 0) is 28.5 Å². The first kappa shape index (κ1) is 37.4. The van der Waals surface area contributed by atoms with E-state index in [-0.39, 0.29) is 31.1 Å². The standard InChI is InChI=1S/C13H20N2O.C12H18N2O.C6H8O4.BH.U/c1-3-16-10-12-6-8-15(2)13(12)11-5-4-7-14-9-11;1-14-7-5-11(9-15-2)12(14)10-4-3-6-13-8-10;1-3-5(7)10-4(2)6(8)9-3;;/h4-5,7,9,12-13H,3,6,8,10H2,1-2H3;3-4,6,8,11-12H,5,7,9H2,1-2H3;3-4H,1-2H3;1H;/t12-,13?;11-,12?;;;/m00.../s1/i;;;1D;. The minimum Gasteiger partial charge on any atom is -0.448 e. The summed E-state index contributed by atoms with van der Waals surface area (Å²) in [6, 6.07) is 9.28. The van der Waals surface area contributed by atoms with Crippen LogP contribution in [0.15, 0.2) is 49.1 Å². The average Bonchev–Trinajstić information content (AvgIpc) is 3.59. The molecule has 43 heavy (non-hydrogen) atoms. The molecule has 0 aromatic carbocycles. The van der Waals surface area contributed by atoms with Crippen LogP contribution in [0.2, 0.25) is 0 Å². The number of methoxy groups -OCH3 is 1. The van der Waals surface area contributed by atoms with Gasteiger partial charge in [0.1, 0.15) is 0 Å². The summed E-state index contributed by atoms with van der Waals surface area (Å²) in [6.07, 6.45) is 8.53. The Morgan fingerprint density at radius 1 is 0.884 bits per heavy atom. The van der Waals surface area contributed by atoms with Gasteiger partial charge in [-0.25, -0.2) is 9.59 Å². The first-order chi connectivity index (χ1) is 20.8. The van der Waals surface area contributed by atoms with Crippen molar-refractivity contribution in [3.8, 4) is 0 Å². The number of carbonyl (C=O) groups is 2. The molecular formula is C31H47BN4O6U. The van der Waals surface area contributed by atoms with Gasteiger partial charge in [-0.15, -0.1) is 0 Å². The Balaban J connectivity index is 0.000000325. The fourth-order valence-electron chi connectivity index (χ4n) is 5.68. The predicted octanol–water partition coefficient (Wildman–Crippen LogP) is 3.05. The van der Waals surface area contributed by atoms with Crippen molar-refractivity contribution in [3.63, 3.8) is 0 Å². The van der Waals surface area contributed by atoms with Gasteiger partial charge in [0, 0.05) is 102 Å². The van der Waals surface area contributed by atoms with Crippen molar-refractivity contribution in [1.82, 2.24) is 19.8 Å². The third kappa shape index (κ3) is 11.6. The van der Waals surface area contributed by atoms with E-state index in [0.717, 1.165) is 32.9 Å². The molecule has 3 aliphatic heterocycles. The van der Waals surface area contributed by atoms with E-state index in [9.17, 15) is 9.59 Å². The molecule has 6 atom stereocenters. The first-order valence-corrected chi connectivity index (χ1v) is 14.4. The Bertz CT molecular complexity index is 1060. The van der Waals surface area contributed by atoms with E-state index in [0.29, 0.717) is 23.9 Å². The number of hydrogen-bond acceptors (Lipinski definition) is 10. The molecular weight excluding hydrogens is 773 g/mol. The van der Waals surface area contributed by atoms with Gasteiger partial charge in [0.15, 0.2) is 12.2 Å². The molecule has 5 rings (SSSR count). The number of likely N-dealkylation sites (tertiary alicyclic amines) is 2. The molecule has 2 radical (unpaired) electrons. The van der Waals surface area contributed by atoms with Crippen molar-refractivity contribution in [2.45, 2.75) is 57.9 Å². The van der Waals surface area contributed by atoms with Gasteiger partial charge >= 0.3 is 11.9 Å². The summed E-state index contributed by atoms with van der Waals surface area (Å²) in [6.45, 7) is 9.81. The van der Waals surface area contributed by atoms with E-state index < -0.39 is 24.1 Å². The summed E-state index contributed by atoms with van der Waals surface area (Å²) in [4.78, 5) is 34.5. The van der Waals surface area contributed by atoms with E-state index in [2.05, 4.69) is 70.8 Å². The van der Waals surface area contributed by atoms with Crippen LogP contribution in [0.4, 0.5) is 0 Å². The molecule has 10 nitrogen and oxygen atoms in total. The van der Waals surface area contributed by atoms with Gasteiger partial charge in [-0.2, -0.15) is 0 Å². The molecule has 4 unspecified atom stereocenters. The van der Waals surface area contributed by atoms with Crippen LogP contribution in [0.3, 0.4) is 0 Å². The molecule has 0 aliphatic carbocycles. The summed E-state index contributed by atoms with van der Waals surface area (Å²) in [7, 11) is 9.88. The number of rotatable bonds is 7. The van der Waals surface area contributed by atoms with Crippen LogP contribution >= 0.6 is 0 Å². The van der Waals surface area contributed by atoms with Crippen LogP contribution < -0.4 is 0 Å². The van der Waals surface area contributed by atoms with Gasteiger partial charge in [0.05, 0.1) is 13.2 Å². The van der Waals surface area contributed by atoms with Crippen molar-refractivity contribution >= 4 is 20.3 Å². The second-order valence-electron chi connectivity index (χ2n) is 10.8. The number of pyridine rings is 2. The number of nitrogens with zero attached hydrogens (tertiary/aromatic N) is 4. The van der Waals surface area contributed by atoms with E-state index >= 15 is 0 Å². The van der Waals surface area contributed by atoms with E-state index in [1.165, 1.54) is 37.8 Å². The van der Waals surface area contributed by atoms with Gasteiger partial charge in [-0.1, -0.05) is 12.1 Å². The van der Waals surface area contributed by atoms with Crippen molar-refractivity contribution in [1.29, 1.82) is 1.34 Å². The minimum absolute atomic E-state index is 0. The van der Waals surface area contributed by atoms with E-state index in [1.54, 1.807) is 7.11 Å². The zero-order chi connectivity index (χ0) is 31.8. The molecule has 3 aliphatic rings. The summed E-state index contributed by atoms with van der Waals surface area (Å²) >= 11 is 0. The maximum Gasteiger partial charge on any atom is 0.347 e. The van der Waals surface area contributed by atoms with Crippen LogP contribution in [0.5, 0.6) is 0 Å². The number of cyclic esters (lactones) is 2. The number of carbonyl (C=O) groups excluding carboxylic acids is 2. The molecule has 2 aromatic heterocycles. The molecule has 234 valence electrons. The van der Waals surface area contributed by atoms with E-state index in [1.807, 2.05) is 36.9 Å². The molecule has 12 heteroatoms. The molecule has 5 heterocycles. The largest absolute Gasteiger partial charge is 0.448 e. The maximum absolute atomic E-state index is 10.7. The molecule has 3 saturated heterocycles. The van der Waals surface area contributed by atoms with Crippen molar-refractivity contribution in [2.75, 3.05) is 54.1 Å². The zero-order valence-electron chi connectivity index (χ0n) is 27.3. The van der Waals surface area contributed by atoms with Crippen LogP contribution in [0, 0.1) is 42.9 Å². The summed E-state index contributed by atoms with van der Waals surface area (Å²) in [5.74, 6) is 0.248. The second kappa shape index (κ2) is 20.3. The van der Waals surface area contributed by atoms with Crippen LogP contribution in [-0.4, -0.2) is 108 Å². The van der Waals surface area contributed by atoms with Crippen LogP contribution in [0.25, 0.3) is 0 Å². The molecule has 3 fully saturated rings. The Kier molecular flexibility index (Phi) is 17.6. The van der Waals surface area contributed by atoms with Gasteiger partial charge in [-0.3, -0.25) is 19.8 Å². The monoisotopic (exact) mass is 821 g/mol. The van der Waals surface area contributed by atoms with Gasteiger partial charge < -0.3 is 18.9 Å². The van der Waals surface area contributed by atoms with Crippen molar-refractivity contribution in [2.24, 2.45) is 11.8 Å². The maximum atomic E-state index is 10.7. The Hall–Kier alpha value is -1.80. The molecule has 0 N–H and O–H groups in total. The minimum atomic E-state index is -0.747. The number of hydrogen-bond donors (Lipinski definition) is 0. The topological polar surface area (TPSA) is 103 Å². The number of aromatic nitrogens is 2. The molecule has 2 aromatic rings. The summed E-state index contributed by atoms with van der Waals surface area (Å²) in [5.41, 5.74) is 2.62. The number of esters is 2. The molecule has 0 bridgehead atoms. The Morgan fingerprint density at radius 2 is 1.33 bits per heavy atom. The predicted molar refractivity (Wildman–Crippen MR) is 162 cm³/mol. The van der Waals surface area contributed by atoms with Gasteiger partial charge in [0.25, 0.3) is 0 Å². The summed E-state index contributed by atoms with van der Waals surface area (Å²) in [5, 5.41) is 0. The normalized spacial score (nSPS) is 27.0. The fourth-order valence-corrected chi connectivity index (χ4v) is 5.68. The Labute approximate surface area is 283 Å². The van der Waals surface area contributed by atoms with Gasteiger partial charge in [-0.05, 0) is 85.4 Å². The Morgan fingerprint density at radius 3 is 1.70 bits per heavy atom. The third-order valence-electron chi connectivity index (χ3n) is 7.77. The quantitative estimate of drug-likeness (QED) is 0.306. The molecule has 0 spiro atoms. The summed E-state index contributed by atoms with van der Waals surface area (Å²) < 4.78 is 25.3. The average molecular weight is 822 g/mol. The van der Waals surface area contributed by atoms with E-state index in [4.69, 9.17) is 10.8 Å². The second-order valence-corrected chi connectivity index (χ2v) is 10.8. The first-order valence-electron chi connectivity index (χ1n) is 15.0. The SMILES string of the molecule is CC1OC(=O)C(C)OC1=O.CCOC[C@@H]1CCN(C)C1c1cccnc1.COC[C@@H]1CCN(C)C1c1cccnc1.[2H][B].[U]. The molecule has 0 amide bonds. The number of ether oxygens (including phenoxy) is 4. The smallest absolute Gasteiger partial charge is 0.347 e.